The second-order valence-corrected chi connectivity index (χ2v) is 23.5. The van der Waals surface area contributed by atoms with Gasteiger partial charge in [-0.05, 0) is 98.1 Å². The first-order valence-corrected chi connectivity index (χ1v) is 30.2. The first kappa shape index (κ1) is 68.5. The van der Waals surface area contributed by atoms with Gasteiger partial charge in [-0.25, -0.2) is 27.6 Å². The molecule has 7 fully saturated rings. The Morgan fingerprint density at radius 3 is 1.26 bits per heavy atom. The van der Waals surface area contributed by atoms with Crippen LogP contribution in [0.1, 0.15) is 58.8 Å². The van der Waals surface area contributed by atoms with Crippen molar-refractivity contribution < 1.29 is 76.6 Å². The number of carbonyl (C=O) groups is 7. The maximum absolute atomic E-state index is 11.9. The molecule has 73 heavy (non-hydrogen) atoms. The number of hydrogen-bond acceptors (Lipinski definition) is 17. The lowest BCUT2D eigenvalue weighted by Gasteiger charge is -2.28. The summed E-state index contributed by atoms with van der Waals surface area (Å²) in [5.74, 6) is 1.30. The van der Waals surface area contributed by atoms with Crippen LogP contribution in [0.4, 0.5) is 14.4 Å². The second-order valence-electron chi connectivity index (χ2n) is 17.9. The van der Waals surface area contributed by atoms with Gasteiger partial charge in [0.25, 0.3) is 0 Å². The van der Waals surface area contributed by atoms with Crippen molar-refractivity contribution >= 4 is 115 Å². The van der Waals surface area contributed by atoms with E-state index in [1.165, 1.54) is 48.8 Å². The topological polar surface area (TPSA) is 348 Å². The van der Waals surface area contributed by atoms with Gasteiger partial charge >= 0.3 is 41.3 Å². The summed E-state index contributed by atoms with van der Waals surface area (Å²) in [5.41, 5.74) is 10.2. The molecule has 3 aliphatic heterocycles. The number of morpholine rings is 3. The minimum absolute atomic E-state index is 0. The molecule has 4 atom stereocenters. The Morgan fingerprint density at radius 2 is 0.973 bits per heavy atom. The molecule has 10 N–H and O–H groups in total. The zero-order chi connectivity index (χ0) is 53.6. The number of nitrogens with one attached hydrogen (secondary N) is 2. The van der Waals surface area contributed by atoms with E-state index in [0.717, 1.165) is 42.1 Å². The van der Waals surface area contributed by atoms with Gasteiger partial charge in [-0.1, -0.05) is 23.4 Å². The molecule has 0 spiro atoms. The van der Waals surface area contributed by atoms with Gasteiger partial charge in [0.1, 0.15) is 24.2 Å². The summed E-state index contributed by atoms with van der Waals surface area (Å²) >= 11 is 15.5. The Balaban J connectivity index is 0.000000466. The number of ether oxygens (including phenoxy) is 3. The van der Waals surface area contributed by atoms with E-state index in [0.29, 0.717) is 90.4 Å². The first-order valence-electron chi connectivity index (χ1n) is 23.9. The lowest BCUT2D eigenvalue weighted by molar-refractivity contribution is -0.139. The predicted octanol–water partition coefficient (Wildman–Crippen LogP) is 2.91. The molecule has 424 valence electrons. The first-order chi connectivity index (χ1) is 34.2. The summed E-state index contributed by atoms with van der Waals surface area (Å²) in [5, 5.41) is 40.4. The molecule has 23 nitrogen and oxygen atoms in total. The van der Waals surface area contributed by atoms with Crippen LogP contribution in [-0.2, 0) is 43.2 Å². The molecule has 0 aromatic carbocycles. The summed E-state index contributed by atoms with van der Waals surface area (Å²) < 4.78 is 39.1. The van der Waals surface area contributed by atoms with Crippen LogP contribution in [0.5, 0.6) is 0 Å². The quantitative estimate of drug-likeness (QED) is 0.0366. The number of halogens is 2. The zero-order valence-corrected chi connectivity index (χ0v) is 46.2. The number of aliphatic carboxylic acids is 4. The molecule has 7 rings (SSSR count). The van der Waals surface area contributed by atoms with Crippen molar-refractivity contribution in [2.75, 3.05) is 125 Å². The van der Waals surface area contributed by atoms with Crippen LogP contribution in [-0.4, -0.2) is 234 Å². The Labute approximate surface area is 456 Å². The molecule has 0 bridgehead atoms. The minimum Gasteiger partial charge on any atom is -0.480 e. The normalized spacial score (nSPS) is 19.8. The molecule has 4 aliphatic carbocycles. The predicted molar refractivity (Wildman–Crippen MR) is 288 cm³/mol. The van der Waals surface area contributed by atoms with Crippen LogP contribution >= 0.6 is 63.7 Å². The van der Waals surface area contributed by atoms with Gasteiger partial charge < -0.3 is 71.4 Å². The van der Waals surface area contributed by atoms with Gasteiger partial charge in [0, 0.05) is 61.9 Å². The maximum Gasteiger partial charge on any atom is 0.327 e. The SMILES string of the molecule is BrCC1CC1.C.N[C@@H](CS)C(=O)O.N[C@@H](CSCC1CC1)C(=O)O.O=C(Cl)N1CCOCC1.O=C(O)[C@H](CS(=O)(=O)CC1CC1)NC(=O)N1CCOCC1.O=C(O)[C@H](CSCC1CC1)NC(=O)N1CCOCC1. The fourth-order valence-corrected chi connectivity index (χ4v) is 11.1. The molecule has 0 radical (unpaired) electrons. The van der Waals surface area contributed by atoms with Gasteiger partial charge in [-0.15, -0.1) is 0 Å². The van der Waals surface area contributed by atoms with Crippen LogP contribution in [0.25, 0.3) is 0 Å². The molecule has 29 heteroatoms. The van der Waals surface area contributed by atoms with Gasteiger partial charge in [-0.2, -0.15) is 36.2 Å². The van der Waals surface area contributed by atoms with E-state index in [1.54, 1.807) is 33.3 Å². The van der Waals surface area contributed by atoms with Crippen LogP contribution in [0, 0.1) is 23.7 Å². The molecule has 4 saturated carbocycles. The molecule has 3 saturated heterocycles. The van der Waals surface area contributed by atoms with E-state index in [2.05, 4.69) is 39.2 Å². The van der Waals surface area contributed by atoms with Gasteiger partial charge in [-0.3, -0.25) is 14.4 Å². The van der Waals surface area contributed by atoms with Crippen LogP contribution in [0.3, 0.4) is 0 Å². The highest BCUT2D eigenvalue weighted by atomic mass is 79.9. The standard InChI is InChI=1S/C12H20N2O6S.C12H20N2O4S.C7H13NO2S.C5H8ClNO2.C4H7Br.C3H7NO2S.CH4/c15-11(16)10(8-21(18,19)7-9-1-2-9)13-12(17)14-3-5-20-6-4-14;15-11(16)10(8-19-7-9-1-2-9)13-12(17)14-3-5-18-6-4-14;8-6(7(9)10)4-11-3-5-1-2-5;6-5(8)7-1-3-9-4-2-7;5-3-4-1-2-4;4-2(1-7)3(5)6;/h9-10H,1-8H2,(H,13,17)(H,15,16);9-10H,1-8H2,(H,13,17)(H,15,16);5-6H,1-4,8H2,(H,9,10);1-4H2;4H,1-3H2;2,7H,1,4H2,(H,5,6);1H4/t2*10-;6-;;;2-;/m000..0./s1. The molecule has 5 amide bonds. The number of carbonyl (C=O) groups excluding carboxylic acids is 3. The third-order valence-electron chi connectivity index (χ3n) is 11.1. The molecule has 0 aromatic heterocycles. The Bertz CT molecular complexity index is 1770. The molecular formula is C44H79BrClN7O16S4. The number of nitrogens with two attached hydrogens (primary N) is 2. The molecule has 0 unspecified atom stereocenters. The number of thiol groups is 1. The fourth-order valence-electron chi connectivity index (χ4n) is 5.77. The zero-order valence-electron chi connectivity index (χ0n) is 40.5. The lowest BCUT2D eigenvalue weighted by atomic mass is 10.3. The summed E-state index contributed by atoms with van der Waals surface area (Å²) in [4.78, 5) is 81.2. The van der Waals surface area contributed by atoms with E-state index < -0.39 is 69.7 Å². The average molecular weight is 1210 g/mol. The van der Waals surface area contributed by atoms with Crippen LogP contribution in [0.15, 0.2) is 0 Å². The summed E-state index contributed by atoms with van der Waals surface area (Å²) in [6.07, 6.45) is 9.81. The van der Waals surface area contributed by atoms with Gasteiger partial charge in [0.15, 0.2) is 9.84 Å². The van der Waals surface area contributed by atoms with E-state index >= 15 is 0 Å². The number of hydrogen-bond donors (Lipinski definition) is 9. The highest BCUT2D eigenvalue weighted by Gasteiger charge is 2.34. The fraction of sp³-hybridized carbons (Fsp3) is 0.841. The van der Waals surface area contributed by atoms with Crippen molar-refractivity contribution in [3.8, 4) is 0 Å². The number of urea groups is 2. The number of alkyl halides is 1. The van der Waals surface area contributed by atoms with Gasteiger partial charge in [0.05, 0.1) is 51.1 Å². The highest BCUT2D eigenvalue weighted by Crippen LogP contribution is 2.33. The van der Waals surface area contributed by atoms with Crippen molar-refractivity contribution in [2.24, 2.45) is 35.1 Å². The van der Waals surface area contributed by atoms with Crippen molar-refractivity contribution in [1.82, 2.24) is 25.3 Å². The monoisotopic (exact) mass is 1200 g/mol. The minimum atomic E-state index is -3.48. The van der Waals surface area contributed by atoms with Crippen LogP contribution < -0.4 is 22.1 Å². The number of nitrogens with zero attached hydrogens (tertiary/aromatic N) is 3. The number of carboxylic acids is 4. The molecular weight excluding hydrogens is 1130 g/mol. The number of carboxylic acid groups (broad SMARTS) is 4. The number of amides is 5. The van der Waals surface area contributed by atoms with Gasteiger partial charge in [0.2, 0.25) is 0 Å². The second kappa shape index (κ2) is 38.1. The summed E-state index contributed by atoms with van der Waals surface area (Å²) in [7, 11) is -3.48. The molecule has 3 heterocycles. The Morgan fingerprint density at radius 1 is 0.603 bits per heavy atom. The Hall–Kier alpha value is -2.54. The maximum atomic E-state index is 11.9. The molecule has 0 aromatic rings. The highest BCUT2D eigenvalue weighted by molar-refractivity contribution is 9.09. The number of sulfone groups is 1. The average Bonchev–Trinajstić information content (AvgIpc) is 4.11. The number of thioether (sulfide) groups is 2. The summed E-state index contributed by atoms with van der Waals surface area (Å²) in [6, 6.07) is -4.58. The van der Waals surface area contributed by atoms with Crippen molar-refractivity contribution in [3.63, 3.8) is 0 Å². The molecule has 7 aliphatic rings. The lowest BCUT2D eigenvalue weighted by Crippen LogP contribution is -2.53. The third-order valence-corrected chi connectivity index (χ3v) is 17.0. The Kier molecular flexibility index (Phi) is 35.7. The van der Waals surface area contributed by atoms with Crippen molar-refractivity contribution in [3.05, 3.63) is 0 Å². The largest absolute Gasteiger partial charge is 0.480 e. The third kappa shape index (κ3) is 34.7. The van der Waals surface area contributed by atoms with E-state index in [-0.39, 0.29) is 36.2 Å². The number of rotatable bonds is 20. The van der Waals surface area contributed by atoms with Crippen LogP contribution in [0.2, 0.25) is 0 Å². The van der Waals surface area contributed by atoms with E-state index in [4.69, 9.17) is 57.7 Å². The van der Waals surface area contributed by atoms with E-state index in [1.807, 2.05) is 0 Å². The smallest absolute Gasteiger partial charge is 0.327 e. The van der Waals surface area contributed by atoms with Crippen molar-refractivity contribution in [2.45, 2.75) is 83.0 Å². The summed E-state index contributed by atoms with van der Waals surface area (Å²) in [6.45, 7) is 6.07. The van der Waals surface area contributed by atoms with Crippen molar-refractivity contribution in [1.29, 1.82) is 0 Å². The van der Waals surface area contributed by atoms with E-state index in [9.17, 15) is 42.0 Å².